The van der Waals surface area contributed by atoms with E-state index in [9.17, 15) is 4.79 Å². The molecule has 3 heteroatoms. The zero-order chi connectivity index (χ0) is 14.7. The van der Waals surface area contributed by atoms with Crippen LogP contribution in [0.1, 0.15) is 21.7 Å². The summed E-state index contributed by atoms with van der Waals surface area (Å²) in [6.45, 7) is 2.03. The van der Waals surface area contributed by atoms with Gasteiger partial charge >= 0.3 is 0 Å². The van der Waals surface area contributed by atoms with E-state index in [1.54, 1.807) is 36.4 Å². The maximum Gasteiger partial charge on any atom is 0.228 e. The van der Waals surface area contributed by atoms with Gasteiger partial charge in [0.2, 0.25) is 5.78 Å². The molecule has 1 heterocycles. The summed E-state index contributed by atoms with van der Waals surface area (Å²) in [5.74, 6) is 1.66. The van der Waals surface area contributed by atoms with Crippen LogP contribution in [0.5, 0.6) is 11.5 Å². The van der Waals surface area contributed by atoms with Gasteiger partial charge in [0.15, 0.2) is 5.76 Å². The topological polar surface area (TPSA) is 39.4 Å². The van der Waals surface area contributed by atoms with Crippen LogP contribution in [0.3, 0.4) is 0 Å². The molecule has 0 atom stereocenters. The summed E-state index contributed by atoms with van der Waals surface area (Å²) < 4.78 is 10.8. The Morgan fingerprint density at radius 1 is 0.905 bits per heavy atom. The van der Waals surface area contributed by atoms with Gasteiger partial charge in [0.05, 0.1) is 6.26 Å². The predicted molar refractivity (Wildman–Crippen MR) is 79.8 cm³/mol. The Kier molecular flexibility index (Phi) is 3.56. The number of carbonyl (C=O) groups is 1. The maximum atomic E-state index is 12.1. The molecule has 0 amide bonds. The van der Waals surface area contributed by atoms with E-state index in [1.807, 2.05) is 31.2 Å². The van der Waals surface area contributed by atoms with Crippen molar-refractivity contribution in [3.05, 3.63) is 83.8 Å². The third-order valence-corrected chi connectivity index (χ3v) is 3.12. The van der Waals surface area contributed by atoms with Crippen molar-refractivity contribution in [1.29, 1.82) is 0 Å². The first kappa shape index (κ1) is 13.2. The summed E-state index contributed by atoms with van der Waals surface area (Å²) in [5, 5.41) is 0. The minimum absolute atomic E-state index is 0.137. The van der Waals surface area contributed by atoms with Crippen molar-refractivity contribution in [2.75, 3.05) is 0 Å². The summed E-state index contributed by atoms with van der Waals surface area (Å²) in [6.07, 6.45) is 1.49. The number of hydrogen-bond donors (Lipinski definition) is 0. The minimum Gasteiger partial charge on any atom is -0.461 e. The molecular formula is C18H14O3. The van der Waals surface area contributed by atoms with E-state index in [0.717, 1.165) is 5.75 Å². The molecule has 0 saturated carbocycles. The van der Waals surface area contributed by atoms with E-state index < -0.39 is 0 Å². The lowest BCUT2D eigenvalue weighted by atomic mass is 10.1. The molecule has 0 fully saturated rings. The quantitative estimate of drug-likeness (QED) is 0.654. The van der Waals surface area contributed by atoms with E-state index in [2.05, 4.69) is 0 Å². The van der Waals surface area contributed by atoms with Crippen LogP contribution in [0.15, 0.2) is 71.3 Å². The molecule has 0 aliphatic carbocycles. The van der Waals surface area contributed by atoms with Crippen LogP contribution in [0.4, 0.5) is 0 Å². The zero-order valence-corrected chi connectivity index (χ0v) is 11.6. The summed E-state index contributed by atoms with van der Waals surface area (Å²) >= 11 is 0. The Bertz CT molecular complexity index is 723. The molecule has 3 rings (SSSR count). The highest BCUT2D eigenvalue weighted by atomic mass is 16.5. The SMILES string of the molecule is Cc1ccc(Oc2ccc(C(=O)c3ccco3)cc2)cc1. The molecule has 21 heavy (non-hydrogen) atoms. The molecule has 0 spiro atoms. The minimum atomic E-state index is -0.137. The van der Waals surface area contributed by atoms with Crippen molar-refractivity contribution in [2.45, 2.75) is 6.92 Å². The van der Waals surface area contributed by atoms with E-state index in [1.165, 1.54) is 11.8 Å². The van der Waals surface area contributed by atoms with Gasteiger partial charge in [-0.05, 0) is 55.5 Å². The second kappa shape index (κ2) is 5.67. The predicted octanol–water partition coefficient (Wildman–Crippen LogP) is 4.61. The molecule has 0 N–H and O–H groups in total. The molecule has 3 nitrogen and oxygen atoms in total. The monoisotopic (exact) mass is 278 g/mol. The molecule has 0 radical (unpaired) electrons. The van der Waals surface area contributed by atoms with Gasteiger partial charge in [0, 0.05) is 5.56 Å². The first-order chi connectivity index (χ1) is 10.2. The molecule has 0 saturated heterocycles. The van der Waals surface area contributed by atoms with Gasteiger partial charge in [-0.25, -0.2) is 0 Å². The Morgan fingerprint density at radius 2 is 1.52 bits per heavy atom. The van der Waals surface area contributed by atoms with Crippen molar-refractivity contribution in [2.24, 2.45) is 0 Å². The fourth-order valence-corrected chi connectivity index (χ4v) is 1.97. The van der Waals surface area contributed by atoms with Crippen molar-refractivity contribution in [1.82, 2.24) is 0 Å². The molecule has 104 valence electrons. The zero-order valence-electron chi connectivity index (χ0n) is 11.6. The number of rotatable bonds is 4. The first-order valence-electron chi connectivity index (χ1n) is 6.65. The Labute approximate surface area is 122 Å². The van der Waals surface area contributed by atoms with Crippen molar-refractivity contribution in [3.63, 3.8) is 0 Å². The van der Waals surface area contributed by atoms with Crippen LogP contribution >= 0.6 is 0 Å². The molecule has 0 unspecified atom stereocenters. The molecule has 3 aromatic rings. The number of ketones is 1. The van der Waals surface area contributed by atoms with Crippen LogP contribution in [-0.4, -0.2) is 5.78 Å². The molecule has 1 aromatic heterocycles. The summed E-state index contributed by atoms with van der Waals surface area (Å²) in [5.41, 5.74) is 1.75. The average Bonchev–Trinajstić information content (AvgIpc) is 3.04. The van der Waals surface area contributed by atoms with Gasteiger partial charge in [-0.1, -0.05) is 17.7 Å². The van der Waals surface area contributed by atoms with Gasteiger partial charge in [-0.15, -0.1) is 0 Å². The molecule has 2 aromatic carbocycles. The third kappa shape index (κ3) is 3.03. The van der Waals surface area contributed by atoms with E-state index in [0.29, 0.717) is 17.1 Å². The average molecular weight is 278 g/mol. The summed E-state index contributed by atoms with van der Waals surface area (Å²) in [6, 6.07) is 18.2. The maximum absolute atomic E-state index is 12.1. The van der Waals surface area contributed by atoms with Crippen LogP contribution in [0.25, 0.3) is 0 Å². The van der Waals surface area contributed by atoms with Crippen LogP contribution in [-0.2, 0) is 0 Å². The van der Waals surface area contributed by atoms with Crippen molar-refractivity contribution in [3.8, 4) is 11.5 Å². The van der Waals surface area contributed by atoms with Gasteiger partial charge in [0.25, 0.3) is 0 Å². The van der Waals surface area contributed by atoms with Crippen molar-refractivity contribution < 1.29 is 13.9 Å². The number of benzene rings is 2. The summed E-state index contributed by atoms with van der Waals surface area (Å²) in [7, 11) is 0. The number of ether oxygens (including phenoxy) is 1. The fourth-order valence-electron chi connectivity index (χ4n) is 1.97. The summed E-state index contributed by atoms with van der Waals surface area (Å²) in [4.78, 5) is 12.1. The van der Waals surface area contributed by atoms with Gasteiger partial charge < -0.3 is 9.15 Å². The molecule has 0 bridgehead atoms. The lowest BCUT2D eigenvalue weighted by Crippen LogP contribution is -1.99. The molecule has 0 aliphatic heterocycles. The van der Waals surface area contributed by atoms with Gasteiger partial charge in [0.1, 0.15) is 11.5 Å². The lowest BCUT2D eigenvalue weighted by molar-refractivity contribution is 0.101. The second-order valence-corrected chi connectivity index (χ2v) is 4.75. The smallest absolute Gasteiger partial charge is 0.228 e. The number of furan rings is 1. The van der Waals surface area contributed by atoms with Crippen molar-refractivity contribution >= 4 is 5.78 Å². The standard InChI is InChI=1S/C18H14O3/c1-13-4-8-15(9-5-13)21-16-10-6-14(7-11-16)18(19)17-3-2-12-20-17/h2-12H,1H3. The number of carbonyl (C=O) groups excluding carboxylic acids is 1. The Hall–Kier alpha value is -2.81. The second-order valence-electron chi connectivity index (χ2n) is 4.75. The fraction of sp³-hybridized carbons (Fsp3) is 0.0556. The largest absolute Gasteiger partial charge is 0.461 e. The van der Waals surface area contributed by atoms with E-state index >= 15 is 0 Å². The normalized spacial score (nSPS) is 10.3. The highest BCUT2D eigenvalue weighted by Crippen LogP contribution is 2.22. The lowest BCUT2D eigenvalue weighted by Gasteiger charge is -2.06. The van der Waals surface area contributed by atoms with Crippen LogP contribution in [0.2, 0.25) is 0 Å². The molecular weight excluding hydrogens is 264 g/mol. The molecule has 0 aliphatic rings. The first-order valence-corrected chi connectivity index (χ1v) is 6.65. The van der Waals surface area contributed by atoms with Crippen LogP contribution in [0, 0.1) is 6.92 Å². The number of hydrogen-bond acceptors (Lipinski definition) is 3. The Morgan fingerprint density at radius 3 is 2.10 bits per heavy atom. The highest BCUT2D eigenvalue weighted by molar-refractivity contribution is 6.07. The van der Waals surface area contributed by atoms with Crippen LogP contribution < -0.4 is 4.74 Å². The Balaban J connectivity index is 1.75. The highest BCUT2D eigenvalue weighted by Gasteiger charge is 2.11. The van der Waals surface area contributed by atoms with E-state index in [-0.39, 0.29) is 5.78 Å². The van der Waals surface area contributed by atoms with Gasteiger partial charge in [-0.2, -0.15) is 0 Å². The van der Waals surface area contributed by atoms with E-state index in [4.69, 9.17) is 9.15 Å². The third-order valence-electron chi connectivity index (χ3n) is 3.12. The number of aryl methyl sites for hydroxylation is 1. The van der Waals surface area contributed by atoms with Gasteiger partial charge in [-0.3, -0.25) is 4.79 Å².